The molecule has 2 fully saturated rings. The number of hydrogen-bond donors (Lipinski definition) is 2. The normalized spacial score (nSPS) is 22.6. The second-order valence-electron chi connectivity index (χ2n) is 6.47. The summed E-state index contributed by atoms with van der Waals surface area (Å²) in [6, 6.07) is 7.34. The minimum Gasteiger partial charge on any atom is -0.480 e. The summed E-state index contributed by atoms with van der Waals surface area (Å²) in [6.45, 7) is 0.275. The Labute approximate surface area is 148 Å². The van der Waals surface area contributed by atoms with Crippen LogP contribution in [0.5, 0.6) is 0 Å². The minimum atomic E-state index is -1.16. The van der Waals surface area contributed by atoms with Crippen LogP contribution in [0.2, 0.25) is 0 Å². The number of carbonyl (C=O) groups excluding carboxylic acids is 2. The van der Waals surface area contributed by atoms with Crippen molar-refractivity contribution in [3.8, 4) is 0 Å². The summed E-state index contributed by atoms with van der Waals surface area (Å²) in [6.07, 6.45) is 2.59. The third-order valence-electron chi connectivity index (χ3n) is 4.84. The first-order valence-electron chi connectivity index (χ1n) is 8.03. The zero-order chi connectivity index (χ0) is 17.3. The van der Waals surface area contributed by atoms with Gasteiger partial charge in [0.05, 0.1) is 5.92 Å². The van der Waals surface area contributed by atoms with Crippen molar-refractivity contribution in [2.45, 2.75) is 37.6 Å². The van der Waals surface area contributed by atoms with Gasteiger partial charge in [-0.1, -0.05) is 34.8 Å². The van der Waals surface area contributed by atoms with Gasteiger partial charge in [0.1, 0.15) is 5.54 Å². The lowest BCUT2D eigenvalue weighted by atomic mass is 9.96. The molecular weight excluding hydrogens is 376 g/mol. The lowest BCUT2D eigenvalue weighted by Crippen LogP contribution is -2.54. The Hall–Kier alpha value is -1.89. The number of carboxylic acid groups (broad SMARTS) is 1. The molecule has 1 atom stereocenters. The van der Waals surface area contributed by atoms with E-state index in [9.17, 15) is 19.5 Å². The third-order valence-corrected chi connectivity index (χ3v) is 5.34. The van der Waals surface area contributed by atoms with E-state index in [1.807, 2.05) is 24.3 Å². The molecule has 1 aromatic rings. The van der Waals surface area contributed by atoms with Crippen LogP contribution >= 0.6 is 15.9 Å². The topological polar surface area (TPSA) is 86.7 Å². The van der Waals surface area contributed by atoms with Crippen molar-refractivity contribution in [1.29, 1.82) is 0 Å². The maximum Gasteiger partial charge on any atom is 0.329 e. The van der Waals surface area contributed by atoms with Gasteiger partial charge in [0.15, 0.2) is 0 Å². The van der Waals surface area contributed by atoms with Gasteiger partial charge in [-0.15, -0.1) is 0 Å². The zero-order valence-electron chi connectivity index (χ0n) is 13.1. The fraction of sp³-hybridized carbons (Fsp3) is 0.471. The molecule has 1 unspecified atom stereocenters. The first kappa shape index (κ1) is 17.0. The van der Waals surface area contributed by atoms with Gasteiger partial charge >= 0.3 is 5.97 Å². The number of nitrogens with one attached hydrogen (secondary N) is 1. The molecule has 1 aliphatic heterocycles. The fourth-order valence-corrected chi connectivity index (χ4v) is 3.87. The summed E-state index contributed by atoms with van der Waals surface area (Å²) >= 11 is 3.37. The van der Waals surface area contributed by atoms with Crippen molar-refractivity contribution in [3.63, 3.8) is 0 Å². The van der Waals surface area contributed by atoms with E-state index in [0.717, 1.165) is 23.0 Å². The summed E-state index contributed by atoms with van der Waals surface area (Å²) in [5.74, 6) is -1.97. The largest absolute Gasteiger partial charge is 0.480 e. The summed E-state index contributed by atoms with van der Waals surface area (Å²) in [5.41, 5.74) is -0.429. The molecule has 0 radical (unpaired) electrons. The Kier molecular flexibility index (Phi) is 4.62. The SMILES string of the molecule is O=C(NC1(C(=O)O)CCCC1)C1CC(=O)N(c2cccc(Br)c2)C1. The Morgan fingerprint density at radius 3 is 2.62 bits per heavy atom. The number of aliphatic carboxylic acids is 1. The van der Waals surface area contributed by atoms with E-state index >= 15 is 0 Å². The number of rotatable bonds is 4. The van der Waals surface area contributed by atoms with E-state index < -0.39 is 17.4 Å². The van der Waals surface area contributed by atoms with Gasteiger partial charge in [-0.2, -0.15) is 0 Å². The van der Waals surface area contributed by atoms with Crippen LogP contribution in [0.3, 0.4) is 0 Å². The Morgan fingerprint density at radius 2 is 2.00 bits per heavy atom. The Bertz CT molecular complexity index is 685. The van der Waals surface area contributed by atoms with E-state index in [2.05, 4.69) is 21.2 Å². The molecule has 0 aromatic heterocycles. The van der Waals surface area contributed by atoms with Gasteiger partial charge in [-0.05, 0) is 31.0 Å². The maximum atomic E-state index is 12.5. The molecule has 7 heteroatoms. The van der Waals surface area contributed by atoms with Crippen molar-refractivity contribution in [2.24, 2.45) is 5.92 Å². The van der Waals surface area contributed by atoms with Crippen molar-refractivity contribution >= 4 is 39.4 Å². The standard InChI is InChI=1S/C17H19BrN2O4/c18-12-4-3-5-13(9-12)20-10-11(8-14(20)21)15(22)19-17(16(23)24)6-1-2-7-17/h3-5,9,11H,1-2,6-8,10H2,(H,19,22)(H,23,24). The highest BCUT2D eigenvalue weighted by Gasteiger charge is 2.45. The number of amides is 2. The third kappa shape index (κ3) is 3.17. The van der Waals surface area contributed by atoms with Gasteiger partial charge < -0.3 is 15.3 Å². The molecule has 1 saturated heterocycles. The van der Waals surface area contributed by atoms with Crippen molar-refractivity contribution < 1.29 is 19.5 Å². The average molecular weight is 395 g/mol. The molecule has 128 valence electrons. The van der Waals surface area contributed by atoms with Crippen molar-refractivity contribution in [3.05, 3.63) is 28.7 Å². The second-order valence-corrected chi connectivity index (χ2v) is 7.38. The molecule has 0 bridgehead atoms. The molecule has 3 rings (SSSR count). The van der Waals surface area contributed by atoms with Crippen molar-refractivity contribution in [2.75, 3.05) is 11.4 Å². The van der Waals surface area contributed by atoms with Gasteiger partial charge in [0, 0.05) is 23.1 Å². The Morgan fingerprint density at radius 1 is 1.29 bits per heavy atom. The lowest BCUT2D eigenvalue weighted by Gasteiger charge is -2.27. The first-order chi connectivity index (χ1) is 11.4. The number of nitrogens with zero attached hydrogens (tertiary/aromatic N) is 1. The van der Waals surface area contributed by atoms with Crippen LogP contribution < -0.4 is 10.2 Å². The zero-order valence-corrected chi connectivity index (χ0v) is 14.7. The maximum absolute atomic E-state index is 12.5. The number of carbonyl (C=O) groups is 3. The van der Waals surface area contributed by atoms with E-state index in [-0.39, 0.29) is 24.8 Å². The highest BCUT2D eigenvalue weighted by molar-refractivity contribution is 9.10. The lowest BCUT2D eigenvalue weighted by molar-refractivity contribution is -0.148. The van der Waals surface area contributed by atoms with Crippen LogP contribution in [0.15, 0.2) is 28.7 Å². The van der Waals surface area contributed by atoms with E-state index in [4.69, 9.17) is 0 Å². The summed E-state index contributed by atoms with van der Waals surface area (Å²) in [5, 5.41) is 12.2. The van der Waals surface area contributed by atoms with E-state index in [1.54, 1.807) is 4.90 Å². The molecular formula is C17H19BrN2O4. The van der Waals surface area contributed by atoms with Crippen molar-refractivity contribution in [1.82, 2.24) is 5.32 Å². The summed E-state index contributed by atoms with van der Waals surface area (Å²) < 4.78 is 0.858. The van der Waals surface area contributed by atoms with Crippen LogP contribution in [-0.4, -0.2) is 35.0 Å². The smallest absolute Gasteiger partial charge is 0.329 e. The van der Waals surface area contributed by atoms with E-state index in [0.29, 0.717) is 12.8 Å². The molecule has 1 heterocycles. The summed E-state index contributed by atoms with van der Waals surface area (Å²) in [4.78, 5) is 37.9. The quantitative estimate of drug-likeness (QED) is 0.819. The van der Waals surface area contributed by atoms with Crippen LogP contribution in [0, 0.1) is 5.92 Å². The molecule has 6 nitrogen and oxygen atoms in total. The number of anilines is 1. The predicted octanol–water partition coefficient (Wildman–Crippen LogP) is 2.32. The molecule has 24 heavy (non-hydrogen) atoms. The highest BCUT2D eigenvalue weighted by atomic mass is 79.9. The number of carboxylic acids is 1. The first-order valence-corrected chi connectivity index (χ1v) is 8.82. The Balaban J connectivity index is 1.71. The predicted molar refractivity (Wildman–Crippen MR) is 91.6 cm³/mol. The molecule has 1 saturated carbocycles. The number of hydrogen-bond acceptors (Lipinski definition) is 3. The molecule has 2 N–H and O–H groups in total. The van der Waals surface area contributed by atoms with Gasteiger partial charge in [0.2, 0.25) is 11.8 Å². The van der Waals surface area contributed by atoms with Gasteiger partial charge in [-0.25, -0.2) is 4.79 Å². The van der Waals surface area contributed by atoms with Gasteiger partial charge in [-0.3, -0.25) is 9.59 Å². The number of benzene rings is 1. The average Bonchev–Trinajstić information content (AvgIpc) is 3.15. The van der Waals surface area contributed by atoms with Crippen LogP contribution in [0.1, 0.15) is 32.1 Å². The van der Waals surface area contributed by atoms with Crippen LogP contribution in [0.4, 0.5) is 5.69 Å². The molecule has 1 aromatic carbocycles. The van der Waals surface area contributed by atoms with E-state index in [1.165, 1.54) is 0 Å². The fourth-order valence-electron chi connectivity index (χ4n) is 3.49. The summed E-state index contributed by atoms with van der Waals surface area (Å²) in [7, 11) is 0. The molecule has 1 aliphatic carbocycles. The molecule has 2 aliphatic rings. The minimum absolute atomic E-state index is 0.105. The highest BCUT2D eigenvalue weighted by Crippen LogP contribution is 2.32. The molecule has 0 spiro atoms. The van der Waals surface area contributed by atoms with Crippen LogP contribution in [-0.2, 0) is 14.4 Å². The monoisotopic (exact) mass is 394 g/mol. The van der Waals surface area contributed by atoms with Gasteiger partial charge in [0.25, 0.3) is 0 Å². The number of halogens is 1. The van der Waals surface area contributed by atoms with Crippen LogP contribution in [0.25, 0.3) is 0 Å². The molecule has 2 amide bonds. The second kappa shape index (κ2) is 6.55.